The molecule has 0 saturated carbocycles. The molecule has 4 rings (SSSR count). The smallest absolute Gasteiger partial charge is 0.173 e. The number of allylic oxidation sites excluding steroid dienone is 3. The SMILES string of the molecule is N#CC1=C(SCC(=O)c2cccc(Cl)c2)NC2=C(C(=O)CCC2)C1c1ccc(F)cc1. The van der Waals surface area contributed by atoms with Gasteiger partial charge >= 0.3 is 0 Å². The van der Waals surface area contributed by atoms with Crippen LogP contribution >= 0.6 is 23.4 Å². The zero-order chi connectivity index (χ0) is 22.0. The van der Waals surface area contributed by atoms with Crippen LogP contribution in [0.5, 0.6) is 0 Å². The van der Waals surface area contributed by atoms with Gasteiger partial charge in [0.2, 0.25) is 0 Å². The van der Waals surface area contributed by atoms with Gasteiger partial charge < -0.3 is 5.32 Å². The van der Waals surface area contributed by atoms with Crippen LogP contribution in [0.1, 0.15) is 41.1 Å². The summed E-state index contributed by atoms with van der Waals surface area (Å²) in [6.07, 6.45) is 1.83. The van der Waals surface area contributed by atoms with Crippen molar-refractivity contribution in [2.75, 3.05) is 5.75 Å². The lowest BCUT2D eigenvalue weighted by Gasteiger charge is -2.33. The third-order valence-electron chi connectivity index (χ3n) is 5.36. The Bertz CT molecular complexity index is 1160. The lowest BCUT2D eigenvalue weighted by atomic mass is 9.77. The van der Waals surface area contributed by atoms with Crippen LogP contribution in [0.25, 0.3) is 0 Å². The molecule has 0 saturated heterocycles. The summed E-state index contributed by atoms with van der Waals surface area (Å²) in [5, 5.41) is 14.3. The highest BCUT2D eigenvalue weighted by Crippen LogP contribution is 2.44. The number of benzene rings is 2. The van der Waals surface area contributed by atoms with Gasteiger partial charge in [-0.05, 0) is 42.7 Å². The standard InChI is InChI=1S/C24H18ClFN2O2S/c25-16-4-1-3-15(11-16)21(30)13-31-24-18(12-27)22(14-7-9-17(26)10-8-14)23-19(28-24)5-2-6-20(23)29/h1,3-4,7-11,22,28H,2,5-6,13H2. The molecule has 7 heteroatoms. The molecule has 4 nitrogen and oxygen atoms in total. The van der Waals surface area contributed by atoms with Gasteiger partial charge in [-0.2, -0.15) is 5.26 Å². The molecule has 1 aliphatic carbocycles. The lowest BCUT2D eigenvalue weighted by molar-refractivity contribution is -0.116. The Morgan fingerprint density at radius 1 is 1.23 bits per heavy atom. The minimum Gasteiger partial charge on any atom is -0.352 e. The normalized spacial score (nSPS) is 18.4. The third-order valence-corrected chi connectivity index (χ3v) is 6.61. The van der Waals surface area contributed by atoms with E-state index in [1.165, 1.54) is 23.9 Å². The summed E-state index contributed by atoms with van der Waals surface area (Å²) in [6, 6.07) is 14.8. The largest absolute Gasteiger partial charge is 0.352 e. The molecule has 0 fully saturated rings. The fourth-order valence-electron chi connectivity index (χ4n) is 3.91. The number of carbonyl (C=O) groups is 2. The average Bonchev–Trinajstić information content (AvgIpc) is 2.77. The molecule has 0 radical (unpaired) electrons. The van der Waals surface area contributed by atoms with Crippen molar-refractivity contribution in [3.8, 4) is 6.07 Å². The zero-order valence-electron chi connectivity index (χ0n) is 16.5. The Hall–Kier alpha value is -2.88. The topological polar surface area (TPSA) is 70.0 Å². The number of hydrogen-bond acceptors (Lipinski definition) is 5. The monoisotopic (exact) mass is 452 g/mol. The minimum atomic E-state index is -0.571. The Morgan fingerprint density at radius 3 is 2.71 bits per heavy atom. The molecule has 1 N–H and O–H groups in total. The number of rotatable bonds is 5. The Kier molecular flexibility index (Phi) is 6.26. The Morgan fingerprint density at radius 2 is 2.00 bits per heavy atom. The van der Waals surface area contributed by atoms with Crippen LogP contribution in [-0.4, -0.2) is 17.3 Å². The summed E-state index contributed by atoms with van der Waals surface area (Å²) in [5.74, 6) is -0.961. The van der Waals surface area contributed by atoms with E-state index in [1.807, 2.05) is 0 Å². The van der Waals surface area contributed by atoms with Crippen LogP contribution in [0.2, 0.25) is 5.02 Å². The van der Waals surface area contributed by atoms with Gasteiger partial charge in [0, 0.05) is 28.3 Å². The lowest BCUT2D eigenvalue weighted by Crippen LogP contribution is -2.31. The third kappa shape index (κ3) is 4.43. The van der Waals surface area contributed by atoms with Crippen molar-refractivity contribution in [1.82, 2.24) is 5.32 Å². The highest BCUT2D eigenvalue weighted by molar-refractivity contribution is 8.03. The summed E-state index contributed by atoms with van der Waals surface area (Å²) >= 11 is 7.21. The molecular weight excluding hydrogens is 435 g/mol. The van der Waals surface area contributed by atoms with E-state index < -0.39 is 5.92 Å². The predicted octanol–water partition coefficient (Wildman–Crippen LogP) is 5.52. The summed E-state index contributed by atoms with van der Waals surface area (Å²) in [6.45, 7) is 0. The van der Waals surface area contributed by atoms with Crippen LogP contribution in [0.3, 0.4) is 0 Å². The van der Waals surface area contributed by atoms with Gasteiger partial charge in [-0.1, -0.05) is 47.6 Å². The summed E-state index contributed by atoms with van der Waals surface area (Å²) in [4.78, 5) is 25.4. The summed E-state index contributed by atoms with van der Waals surface area (Å²) in [7, 11) is 0. The second-order valence-corrected chi connectivity index (χ2v) is 8.78. The van der Waals surface area contributed by atoms with Crippen LogP contribution in [0.4, 0.5) is 4.39 Å². The van der Waals surface area contributed by atoms with E-state index in [9.17, 15) is 19.2 Å². The maximum Gasteiger partial charge on any atom is 0.173 e. The molecule has 0 amide bonds. The van der Waals surface area contributed by atoms with Gasteiger partial charge in [0.1, 0.15) is 5.82 Å². The van der Waals surface area contributed by atoms with E-state index in [1.54, 1.807) is 36.4 Å². The number of carbonyl (C=O) groups excluding carboxylic acids is 2. The van der Waals surface area contributed by atoms with Crippen molar-refractivity contribution in [3.05, 3.63) is 92.4 Å². The average molecular weight is 453 g/mol. The predicted molar refractivity (Wildman–Crippen MR) is 119 cm³/mol. The van der Waals surface area contributed by atoms with E-state index >= 15 is 0 Å². The highest BCUT2D eigenvalue weighted by atomic mass is 35.5. The molecule has 1 atom stereocenters. The van der Waals surface area contributed by atoms with E-state index in [-0.39, 0.29) is 23.1 Å². The maximum absolute atomic E-state index is 13.5. The van der Waals surface area contributed by atoms with Crippen LogP contribution in [0.15, 0.2) is 70.4 Å². The molecule has 2 aromatic carbocycles. The van der Waals surface area contributed by atoms with Crippen LogP contribution < -0.4 is 5.32 Å². The minimum absolute atomic E-state index is 0.00474. The summed E-state index contributed by atoms with van der Waals surface area (Å²) in [5.41, 5.74) is 2.89. The van der Waals surface area contributed by atoms with Crippen molar-refractivity contribution in [2.24, 2.45) is 0 Å². The maximum atomic E-state index is 13.5. The first-order valence-corrected chi connectivity index (χ1v) is 11.2. The summed E-state index contributed by atoms with van der Waals surface area (Å²) < 4.78 is 13.5. The number of Topliss-reactive ketones (excluding diaryl/α,β-unsaturated/α-hetero) is 2. The fourth-order valence-corrected chi connectivity index (χ4v) is 5.06. The van der Waals surface area contributed by atoms with E-state index in [0.29, 0.717) is 45.2 Å². The Labute approximate surface area is 188 Å². The number of ketones is 2. The number of nitrogens with one attached hydrogen (secondary N) is 1. The van der Waals surface area contributed by atoms with Crippen molar-refractivity contribution in [1.29, 1.82) is 5.26 Å². The molecule has 31 heavy (non-hydrogen) atoms. The number of hydrogen-bond donors (Lipinski definition) is 1. The first-order chi connectivity index (χ1) is 15.0. The first kappa shape index (κ1) is 21.4. The molecule has 2 aliphatic rings. The fraction of sp³-hybridized carbons (Fsp3) is 0.208. The molecular formula is C24H18ClFN2O2S. The molecule has 1 aliphatic heterocycles. The van der Waals surface area contributed by atoms with Gasteiger partial charge in [0.25, 0.3) is 0 Å². The number of nitrogens with zero attached hydrogens (tertiary/aromatic N) is 1. The van der Waals surface area contributed by atoms with Crippen molar-refractivity contribution >= 4 is 34.9 Å². The van der Waals surface area contributed by atoms with Gasteiger partial charge in [-0.25, -0.2) is 4.39 Å². The van der Waals surface area contributed by atoms with Gasteiger partial charge in [-0.3, -0.25) is 9.59 Å². The van der Waals surface area contributed by atoms with Crippen molar-refractivity contribution in [2.45, 2.75) is 25.2 Å². The molecule has 2 aromatic rings. The van der Waals surface area contributed by atoms with Crippen LogP contribution in [-0.2, 0) is 4.79 Å². The second kappa shape index (κ2) is 9.09. The van der Waals surface area contributed by atoms with Crippen molar-refractivity contribution in [3.63, 3.8) is 0 Å². The molecule has 156 valence electrons. The molecule has 1 heterocycles. The Balaban J connectivity index is 1.68. The van der Waals surface area contributed by atoms with Gasteiger partial charge in [-0.15, -0.1) is 0 Å². The number of halogens is 2. The van der Waals surface area contributed by atoms with Gasteiger partial charge in [0.05, 0.1) is 28.3 Å². The number of dihydropyridines is 1. The molecule has 0 bridgehead atoms. The van der Waals surface area contributed by atoms with E-state index in [4.69, 9.17) is 11.6 Å². The molecule has 0 spiro atoms. The number of thioether (sulfide) groups is 1. The second-order valence-electron chi connectivity index (χ2n) is 7.36. The molecule has 0 aromatic heterocycles. The van der Waals surface area contributed by atoms with E-state index in [0.717, 1.165) is 12.1 Å². The van der Waals surface area contributed by atoms with Crippen molar-refractivity contribution < 1.29 is 14.0 Å². The van der Waals surface area contributed by atoms with E-state index in [2.05, 4.69) is 11.4 Å². The van der Waals surface area contributed by atoms with Crippen LogP contribution in [0, 0.1) is 17.1 Å². The zero-order valence-corrected chi connectivity index (χ0v) is 18.0. The highest BCUT2D eigenvalue weighted by Gasteiger charge is 2.37. The van der Waals surface area contributed by atoms with Gasteiger partial charge in [0.15, 0.2) is 11.6 Å². The molecule has 1 unspecified atom stereocenters. The first-order valence-electron chi connectivity index (χ1n) is 9.82. The number of nitriles is 1. The quantitative estimate of drug-likeness (QED) is 0.604.